The van der Waals surface area contributed by atoms with Gasteiger partial charge in [0.1, 0.15) is 9.77 Å². The van der Waals surface area contributed by atoms with Crippen molar-refractivity contribution in [3.8, 4) is 0 Å². The van der Waals surface area contributed by atoms with E-state index in [0.717, 1.165) is 17.4 Å². The third kappa shape index (κ3) is 3.01. The van der Waals surface area contributed by atoms with E-state index in [1.807, 2.05) is 0 Å². The predicted molar refractivity (Wildman–Crippen MR) is 63.0 cm³/mol. The SMILES string of the molecule is CN(C)NS(=O)(=O)c1cc(C(=O)O)sc1Br. The fraction of sp³-hybridized carbons (Fsp3) is 0.286. The van der Waals surface area contributed by atoms with Crippen molar-refractivity contribution in [1.29, 1.82) is 0 Å². The van der Waals surface area contributed by atoms with Gasteiger partial charge < -0.3 is 5.11 Å². The monoisotopic (exact) mass is 328 g/mol. The zero-order valence-corrected chi connectivity index (χ0v) is 11.6. The zero-order valence-electron chi connectivity index (χ0n) is 8.39. The summed E-state index contributed by atoms with van der Waals surface area (Å²) < 4.78 is 23.7. The Morgan fingerprint density at radius 3 is 2.50 bits per heavy atom. The highest BCUT2D eigenvalue weighted by atomic mass is 79.9. The van der Waals surface area contributed by atoms with Crippen molar-refractivity contribution in [2.45, 2.75) is 4.90 Å². The number of sulfonamides is 1. The van der Waals surface area contributed by atoms with Gasteiger partial charge >= 0.3 is 5.97 Å². The summed E-state index contributed by atoms with van der Waals surface area (Å²) in [7, 11) is -0.679. The van der Waals surface area contributed by atoms with Crippen molar-refractivity contribution in [3.05, 3.63) is 14.7 Å². The van der Waals surface area contributed by atoms with Crippen LogP contribution in [0.15, 0.2) is 14.7 Å². The van der Waals surface area contributed by atoms with Gasteiger partial charge in [-0.2, -0.15) is 0 Å². The third-order valence-corrected chi connectivity index (χ3v) is 5.18. The molecule has 0 saturated carbocycles. The topological polar surface area (TPSA) is 86.7 Å². The number of carboxylic acid groups (broad SMARTS) is 1. The van der Waals surface area contributed by atoms with Crippen molar-refractivity contribution < 1.29 is 18.3 Å². The minimum atomic E-state index is -3.73. The standard InChI is InChI=1S/C7H9BrN2O4S2/c1-10(2)9-16(13,14)5-3-4(7(11)12)15-6(5)8/h3,9H,1-2H3,(H,11,12). The van der Waals surface area contributed by atoms with E-state index < -0.39 is 16.0 Å². The lowest BCUT2D eigenvalue weighted by molar-refractivity contribution is 0.0702. The number of thiophene rings is 1. The maximum absolute atomic E-state index is 11.7. The Morgan fingerprint density at radius 1 is 1.56 bits per heavy atom. The predicted octanol–water partition coefficient (Wildman–Crippen LogP) is 0.964. The highest BCUT2D eigenvalue weighted by Gasteiger charge is 2.23. The van der Waals surface area contributed by atoms with Crippen LogP contribution in [0.5, 0.6) is 0 Å². The molecule has 1 aromatic rings. The summed E-state index contributed by atoms with van der Waals surface area (Å²) in [5, 5.41) is 10.00. The van der Waals surface area contributed by atoms with E-state index >= 15 is 0 Å². The van der Waals surface area contributed by atoms with Crippen LogP contribution in [0.4, 0.5) is 0 Å². The van der Waals surface area contributed by atoms with Gasteiger partial charge in [0.2, 0.25) is 0 Å². The van der Waals surface area contributed by atoms with E-state index in [9.17, 15) is 13.2 Å². The van der Waals surface area contributed by atoms with Gasteiger partial charge in [-0.15, -0.1) is 16.2 Å². The van der Waals surface area contributed by atoms with Crippen LogP contribution in [-0.2, 0) is 10.0 Å². The molecule has 0 bridgehead atoms. The molecule has 9 heteroatoms. The van der Waals surface area contributed by atoms with Gasteiger partial charge in [0.25, 0.3) is 10.0 Å². The van der Waals surface area contributed by atoms with Crippen LogP contribution in [0.2, 0.25) is 0 Å². The molecule has 0 aliphatic heterocycles. The maximum Gasteiger partial charge on any atom is 0.345 e. The van der Waals surface area contributed by atoms with E-state index in [1.165, 1.54) is 19.1 Å². The molecule has 0 aliphatic rings. The lowest BCUT2D eigenvalue weighted by Gasteiger charge is -2.11. The molecular formula is C7H9BrN2O4S2. The van der Waals surface area contributed by atoms with Crippen LogP contribution < -0.4 is 4.83 Å². The van der Waals surface area contributed by atoms with Crippen LogP contribution >= 0.6 is 27.3 Å². The fourth-order valence-corrected chi connectivity index (χ4v) is 4.42. The Morgan fingerprint density at radius 2 is 2.12 bits per heavy atom. The Kier molecular flexibility index (Phi) is 4.07. The summed E-state index contributed by atoms with van der Waals surface area (Å²) in [6.07, 6.45) is 0. The van der Waals surface area contributed by atoms with E-state index in [2.05, 4.69) is 20.8 Å². The summed E-state index contributed by atoms with van der Waals surface area (Å²) in [6.45, 7) is 0. The summed E-state index contributed by atoms with van der Waals surface area (Å²) in [5.74, 6) is -1.16. The normalized spacial score (nSPS) is 12.0. The number of carbonyl (C=O) groups is 1. The molecule has 0 saturated heterocycles. The number of nitrogens with one attached hydrogen (secondary N) is 1. The molecule has 0 atom stereocenters. The van der Waals surface area contributed by atoms with Crippen molar-refractivity contribution >= 4 is 43.3 Å². The van der Waals surface area contributed by atoms with Crippen LogP contribution in [0, 0.1) is 0 Å². The Labute approximate surface area is 105 Å². The van der Waals surface area contributed by atoms with Crippen LogP contribution in [-0.4, -0.2) is 38.6 Å². The van der Waals surface area contributed by atoms with Gasteiger partial charge in [-0.05, 0) is 22.0 Å². The third-order valence-electron chi connectivity index (χ3n) is 1.46. The molecule has 0 spiro atoms. The van der Waals surface area contributed by atoms with Gasteiger partial charge in [0.05, 0.1) is 3.79 Å². The largest absolute Gasteiger partial charge is 0.477 e. The molecule has 0 amide bonds. The summed E-state index contributed by atoms with van der Waals surface area (Å²) in [4.78, 5) is 12.8. The number of halogens is 1. The fourth-order valence-electron chi connectivity index (χ4n) is 0.930. The van der Waals surface area contributed by atoms with Gasteiger partial charge in [0, 0.05) is 14.1 Å². The molecule has 0 radical (unpaired) electrons. The average Bonchev–Trinajstić information content (AvgIpc) is 2.45. The second kappa shape index (κ2) is 4.80. The Bertz CT molecular complexity index is 508. The van der Waals surface area contributed by atoms with E-state index in [1.54, 1.807) is 0 Å². The Hall–Kier alpha value is -0.480. The smallest absolute Gasteiger partial charge is 0.345 e. The van der Waals surface area contributed by atoms with E-state index in [4.69, 9.17) is 5.11 Å². The van der Waals surface area contributed by atoms with Gasteiger partial charge in [-0.3, -0.25) is 0 Å². The number of aromatic carboxylic acids is 1. The van der Waals surface area contributed by atoms with Gasteiger partial charge in [0.15, 0.2) is 0 Å². The van der Waals surface area contributed by atoms with Crippen molar-refractivity contribution in [3.63, 3.8) is 0 Å². The number of hydrogen-bond acceptors (Lipinski definition) is 5. The number of nitrogens with zero attached hydrogens (tertiary/aromatic N) is 1. The highest BCUT2D eigenvalue weighted by Crippen LogP contribution is 2.31. The first-order valence-corrected chi connectivity index (χ1v) is 7.05. The number of rotatable bonds is 4. The molecule has 0 unspecified atom stereocenters. The molecule has 0 aliphatic carbocycles. The van der Waals surface area contributed by atoms with Crippen LogP contribution in [0.3, 0.4) is 0 Å². The molecule has 2 N–H and O–H groups in total. The molecule has 90 valence electrons. The molecule has 16 heavy (non-hydrogen) atoms. The first-order valence-electron chi connectivity index (χ1n) is 3.96. The molecule has 1 rings (SSSR count). The van der Waals surface area contributed by atoms with Crippen LogP contribution in [0.1, 0.15) is 9.67 Å². The molecule has 6 nitrogen and oxygen atoms in total. The molecular weight excluding hydrogens is 320 g/mol. The van der Waals surface area contributed by atoms with Gasteiger partial charge in [-0.1, -0.05) is 0 Å². The van der Waals surface area contributed by atoms with Crippen molar-refractivity contribution in [2.75, 3.05) is 14.1 Å². The van der Waals surface area contributed by atoms with E-state index in [0.29, 0.717) is 0 Å². The average molecular weight is 329 g/mol. The quantitative estimate of drug-likeness (QED) is 0.804. The molecule has 1 heterocycles. The summed E-state index contributed by atoms with van der Waals surface area (Å²) in [5.41, 5.74) is 0. The van der Waals surface area contributed by atoms with Gasteiger partial charge in [-0.25, -0.2) is 18.2 Å². The number of hydrogen-bond donors (Lipinski definition) is 2. The summed E-state index contributed by atoms with van der Waals surface area (Å²) in [6, 6.07) is 1.11. The number of hydrazine groups is 1. The Balaban J connectivity index is 3.18. The zero-order chi connectivity index (χ0) is 12.5. The first-order chi connectivity index (χ1) is 7.24. The second-order valence-corrected chi connectivity index (χ2v) is 7.04. The van der Waals surface area contributed by atoms with Crippen molar-refractivity contribution in [2.24, 2.45) is 0 Å². The summed E-state index contributed by atoms with van der Waals surface area (Å²) >= 11 is 3.88. The van der Waals surface area contributed by atoms with E-state index in [-0.39, 0.29) is 13.6 Å². The molecule has 1 aromatic heterocycles. The van der Waals surface area contributed by atoms with Crippen molar-refractivity contribution in [1.82, 2.24) is 9.84 Å². The first kappa shape index (κ1) is 13.6. The van der Waals surface area contributed by atoms with Crippen LogP contribution in [0.25, 0.3) is 0 Å². The maximum atomic E-state index is 11.7. The minimum Gasteiger partial charge on any atom is -0.477 e. The molecule has 0 aromatic carbocycles. The second-order valence-electron chi connectivity index (χ2n) is 3.04. The molecule has 0 fully saturated rings. The number of carboxylic acids is 1. The lowest BCUT2D eigenvalue weighted by atomic mass is 10.5. The lowest BCUT2D eigenvalue weighted by Crippen LogP contribution is -2.36. The minimum absolute atomic E-state index is 0.0361. The highest BCUT2D eigenvalue weighted by molar-refractivity contribution is 9.11.